The SMILES string of the molecule is O=C(CCCCC1CCSS1)Oc1coc(CO)cc1=O. The zero-order chi connectivity index (χ0) is 15.1. The topological polar surface area (TPSA) is 76.7 Å². The van der Waals surface area contributed by atoms with Crippen LogP contribution < -0.4 is 10.2 Å². The second-order valence-corrected chi connectivity index (χ2v) is 7.57. The van der Waals surface area contributed by atoms with Crippen molar-refractivity contribution in [2.75, 3.05) is 5.75 Å². The molecule has 7 heteroatoms. The second-order valence-electron chi connectivity index (χ2n) is 4.78. The molecule has 0 bridgehead atoms. The van der Waals surface area contributed by atoms with Crippen molar-refractivity contribution < 1.29 is 19.1 Å². The van der Waals surface area contributed by atoms with Gasteiger partial charge in [-0.05, 0) is 19.3 Å². The summed E-state index contributed by atoms with van der Waals surface area (Å²) in [5.74, 6) is 0.816. The third kappa shape index (κ3) is 5.41. The highest BCUT2D eigenvalue weighted by atomic mass is 33.1. The zero-order valence-electron chi connectivity index (χ0n) is 11.6. The molecule has 0 radical (unpaired) electrons. The van der Waals surface area contributed by atoms with E-state index in [1.165, 1.54) is 12.2 Å². The highest BCUT2D eigenvalue weighted by Crippen LogP contribution is 2.39. The minimum absolute atomic E-state index is 0.125. The van der Waals surface area contributed by atoms with Crippen LogP contribution in [0.15, 0.2) is 21.5 Å². The van der Waals surface area contributed by atoms with Crippen LogP contribution in [0.2, 0.25) is 0 Å². The summed E-state index contributed by atoms with van der Waals surface area (Å²) in [6.45, 7) is -0.360. The Morgan fingerprint density at radius 2 is 2.33 bits per heavy atom. The van der Waals surface area contributed by atoms with Gasteiger partial charge in [0.15, 0.2) is 0 Å². The normalized spacial score (nSPS) is 17.9. The number of carbonyl (C=O) groups is 1. The van der Waals surface area contributed by atoms with E-state index in [9.17, 15) is 9.59 Å². The van der Waals surface area contributed by atoms with E-state index in [4.69, 9.17) is 14.3 Å². The van der Waals surface area contributed by atoms with E-state index >= 15 is 0 Å². The van der Waals surface area contributed by atoms with Crippen molar-refractivity contribution in [1.29, 1.82) is 0 Å². The average molecular weight is 330 g/mol. The number of aliphatic hydroxyl groups is 1. The smallest absolute Gasteiger partial charge is 0.311 e. The quantitative estimate of drug-likeness (QED) is 0.468. The lowest BCUT2D eigenvalue weighted by Gasteiger charge is -2.06. The summed E-state index contributed by atoms with van der Waals surface area (Å²) < 4.78 is 9.93. The van der Waals surface area contributed by atoms with Gasteiger partial charge < -0.3 is 14.3 Å². The molecule has 1 atom stereocenters. The molecule has 1 N–H and O–H groups in total. The number of hydrogen-bond acceptors (Lipinski definition) is 7. The van der Waals surface area contributed by atoms with Gasteiger partial charge >= 0.3 is 5.97 Å². The van der Waals surface area contributed by atoms with Crippen LogP contribution in [0.1, 0.15) is 37.9 Å². The molecule has 5 nitrogen and oxygen atoms in total. The number of esters is 1. The van der Waals surface area contributed by atoms with Crippen molar-refractivity contribution in [3.63, 3.8) is 0 Å². The predicted octanol–water partition coefficient (Wildman–Crippen LogP) is 2.75. The van der Waals surface area contributed by atoms with Crippen LogP contribution in [0, 0.1) is 0 Å². The van der Waals surface area contributed by atoms with E-state index in [1.54, 1.807) is 0 Å². The fourth-order valence-corrected chi connectivity index (χ4v) is 5.00. The largest absolute Gasteiger partial charge is 0.463 e. The molecule has 1 saturated heterocycles. The molecule has 0 saturated carbocycles. The highest BCUT2D eigenvalue weighted by Gasteiger charge is 2.16. The summed E-state index contributed by atoms with van der Waals surface area (Å²) in [4.78, 5) is 23.2. The number of unbranched alkanes of at least 4 members (excludes halogenated alkanes) is 1. The predicted molar refractivity (Wildman–Crippen MR) is 83.5 cm³/mol. The summed E-state index contributed by atoms with van der Waals surface area (Å²) in [5.41, 5.74) is -0.460. The fraction of sp³-hybridized carbons (Fsp3) is 0.571. The molecule has 2 rings (SSSR count). The van der Waals surface area contributed by atoms with Gasteiger partial charge in [-0.1, -0.05) is 28.0 Å². The van der Waals surface area contributed by atoms with Gasteiger partial charge in [-0.25, -0.2) is 0 Å². The fourth-order valence-electron chi connectivity index (χ4n) is 1.98. The molecule has 0 aromatic carbocycles. The molecule has 0 amide bonds. The van der Waals surface area contributed by atoms with Crippen LogP contribution in [0.4, 0.5) is 0 Å². The second kappa shape index (κ2) is 8.51. The van der Waals surface area contributed by atoms with Crippen molar-refractivity contribution in [2.45, 2.75) is 44.0 Å². The molecule has 1 aliphatic heterocycles. The molecule has 1 aliphatic rings. The summed E-state index contributed by atoms with van der Waals surface area (Å²) in [5, 5.41) is 9.54. The number of hydrogen-bond donors (Lipinski definition) is 1. The van der Waals surface area contributed by atoms with Gasteiger partial charge in [0.2, 0.25) is 11.2 Å². The highest BCUT2D eigenvalue weighted by molar-refractivity contribution is 8.77. The maximum absolute atomic E-state index is 11.7. The van der Waals surface area contributed by atoms with Crippen LogP contribution in [0.25, 0.3) is 0 Å². The van der Waals surface area contributed by atoms with Gasteiger partial charge in [-0.2, -0.15) is 0 Å². The van der Waals surface area contributed by atoms with E-state index in [0.29, 0.717) is 11.7 Å². The van der Waals surface area contributed by atoms with Gasteiger partial charge in [0.05, 0.1) is 0 Å². The number of rotatable bonds is 7. The maximum atomic E-state index is 11.7. The van der Waals surface area contributed by atoms with Crippen LogP contribution >= 0.6 is 21.6 Å². The average Bonchev–Trinajstić information content (AvgIpc) is 2.99. The molecule has 0 aliphatic carbocycles. The van der Waals surface area contributed by atoms with E-state index < -0.39 is 11.4 Å². The Kier molecular flexibility index (Phi) is 6.66. The Balaban J connectivity index is 1.70. The third-order valence-electron chi connectivity index (χ3n) is 3.12. The lowest BCUT2D eigenvalue weighted by atomic mass is 10.1. The monoisotopic (exact) mass is 330 g/mol. The number of carbonyl (C=O) groups excluding carboxylic acids is 1. The molecule has 1 aromatic rings. The molecule has 1 unspecified atom stereocenters. The summed E-state index contributed by atoms with van der Waals surface area (Å²) in [6, 6.07) is 1.12. The van der Waals surface area contributed by atoms with Crippen LogP contribution in [-0.2, 0) is 11.4 Å². The summed E-state index contributed by atoms with van der Waals surface area (Å²) >= 11 is 0. The van der Waals surface area contributed by atoms with Gasteiger partial charge in [0.1, 0.15) is 18.6 Å². The van der Waals surface area contributed by atoms with E-state index in [1.807, 2.05) is 21.6 Å². The lowest BCUT2D eigenvalue weighted by Crippen LogP contribution is -2.14. The van der Waals surface area contributed by atoms with E-state index in [0.717, 1.165) is 31.6 Å². The van der Waals surface area contributed by atoms with Crippen LogP contribution in [0.3, 0.4) is 0 Å². The molecule has 2 heterocycles. The number of aliphatic hydroxyl groups excluding tert-OH is 1. The Bertz CT molecular complexity index is 522. The Hall–Kier alpha value is -0.920. The molecule has 1 fully saturated rings. The summed E-state index contributed by atoms with van der Waals surface area (Å²) in [7, 11) is 3.85. The molecule has 1 aromatic heterocycles. The van der Waals surface area contributed by atoms with Crippen molar-refractivity contribution in [3.8, 4) is 5.75 Å². The lowest BCUT2D eigenvalue weighted by molar-refractivity contribution is -0.134. The molecule has 116 valence electrons. The molecular formula is C14H18O5S2. The third-order valence-corrected chi connectivity index (χ3v) is 6.12. The van der Waals surface area contributed by atoms with Gasteiger partial charge in [-0.15, -0.1) is 0 Å². The maximum Gasteiger partial charge on any atom is 0.311 e. The van der Waals surface area contributed by atoms with Crippen molar-refractivity contribution in [3.05, 3.63) is 28.3 Å². The van der Waals surface area contributed by atoms with Gasteiger partial charge in [0, 0.05) is 23.5 Å². The summed E-state index contributed by atoms with van der Waals surface area (Å²) in [6.07, 6.45) is 5.49. The Morgan fingerprint density at radius 3 is 3.00 bits per heavy atom. The molecule has 21 heavy (non-hydrogen) atoms. The number of ether oxygens (including phenoxy) is 1. The van der Waals surface area contributed by atoms with Crippen molar-refractivity contribution in [1.82, 2.24) is 0 Å². The Labute approximate surface area is 130 Å². The molecular weight excluding hydrogens is 312 g/mol. The van der Waals surface area contributed by atoms with Crippen molar-refractivity contribution in [2.24, 2.45) is 0 Å². The van der Waals surface area contributed by atoms with E-state index in [-0.39, 0.29) is 18.1 Å². The van der Waals surface area contributed by atoms with Gasteiger partial charge in [0.25, 0.3) is 0 Å². The minimum atomic E-state index is -0.460. The first-order valence-electron chi connectivity index (χ1n) is 6.90. The first kappa shape index (κ1) is 16.5. The Morgan fingerprint density at radius 1 is 1.48 bits per heavy atom. The zero-order valence-corrected chi connectivity index (χ0v) is 13.2. The first-order chi connectivity index (χ1) is 10.2. The van der Waals surface area contributed by atoms with Gasteiger partial charge in [-0.3, -0.25) is 9.59 Å². The van der Waals surface area contributed by atoms with Crippen LogP contribution in [-0.4, -0.2) is 22.1 Å². The van der Waals surface area contributed by atoms with E-state index in [2.05, 4.69) is 0 Å². The first-order valence-corrected chi connectivity index (χ1v) is 9.29. The minimum Gasteiger partial charge on any atom is -0.463 e. The van der Waals surface area contributed by atoms with Crippen molar-refractivity contribution >= 4 is 27.6 Å². The standard InChI is InChI=1S/C14H18O5S2/c15-8-10-7-12(16)13(9-18-10)19-14(17)4-2-1-3-11-5-6-20-21-11/h7,9,11,15H,1-6,8H2. The molecule has 0 spiro atoms. The van der Waals surface area contributed by atoms with Crippen LogP contribution in [0.5, 0.6) is 5.75 Å².